The first-order valence-electron chi connectivity index (χ1n) is 14.7. The summed E-state index contributed by atoms with van der Waals surface area (Å²) in [6.45, 7) is 4.67. The summed E-state index contributed by atoms with van der Waals surface area (Å²) < 4.78 is 13.8. The van der Waals surface area contributed by atoms with Gasteiger partial charge in [-0.25, -0.2) is 4.98 Å². The molecule has 0 aliphatic carbocycles. The van der Waals surface area contributed by atoms with Crippen LogP contribution in [0.5, 0.6) is 11.5 Å². The number of carbonyl (C=O) groups excluding carboxylic acids is 2. The highest BCUT2D eigenvalue weighted by molar-refractivity contribution is 6.46. The summed E-state index contributed by atoms with van der Waals surface area (Å²) in [5.41, 5.74) is 4.22. The summed E-state index contributed by atoms with van der Waals surface area (Å²) in [5, 5.41) is 11.8. The van der Waals surface area contributed by atoms with Crippen LogP contribution in [0.25, 0.3) is 11.4 Å². The van der Waals surface area contributed by atoms with Crippen LogP contribution in [0.3, 0.4) is 0 Å². The van der Waals surface area contributed by atoms with Gasteiger partial charge in [0.15, 0.2) is 17.3 Å². The summed E-state index contributed by atoms with van der Waals surface area (Å²) in [5.74, 6) is -0.650. The molecule has 1 atom stereocenters. The molecule has 0 saturated carbocycles. The van der Waals surface area contributed by atoms with Crippen molar-refractivity contribution in [2.24, 2.45) is 0 Å². The highest BCUT2D eigenvalue weighted by Crippen LogP contribution is 2.42. The number of aryl methyl sites for hydroxylation is 1. The summed E-state index contributed by atoms with van der Waals surface area (Å²) >= 11 is 0. The lowest BCUT2D eigenvalue weighted by Crippen LogP contribution is -2.31. The topological polar surface area (TPSA) is 93.4 Å². The lowest BCUT2D eigenvalue weighted by Gasteiger charge is -2.26. The third-order valence-corrected chi connectivity index (χ3v) is 7.77. The van der Waals surface area contributed by atoms with Crippen molar-refractivity contribution in [1.82, 2.24) is 14.3 Å². The van der Waals surface area contributed by atoms with Crippen LogP contribution < -0.4 is 9.47 Å². The van der Waals surface area contributed by atoms with E-state index in [0.717, 1.165) is 11.1 Å². The number of likely N-dealkylation sites (tertiary alicyclic amines) is 1. The average Bonchev–Trinajstić information content (AvgIpc) is 3.52. The van der Waals surface area contributed by atoms with E-state index in [9.17, 15) is 14.7 Å². The number of aliphatic hydroxyl groups is 1. The van der Waals surface area contributed by atoms with Crippen molar-refractivity contribution in [2.45, 2.75) is 32.9 Å². The first-order chi connectivity index (χ1) is 21.5. The van der Waals surface area contributed by atoms with E-state index in [2.05, 4.69) is 4.98 Å². The molecule has 8 nitrogen and oxygen atoms in total. The lowest BCUT2D eigenvalue weighted by molar-refractivity contribution is -0.139. The van der Waals surface area contributed by atoms with Gasteiger partial charge in [0, 0.05) is 12.7 Å². The van der Waals surface area contributed by atoms with E-state index < -0.39 is 17.7 Å². The van der Waals surface area contributed by atoms with E-state index in [1.807, 2.05) is 91.9 Å². The Bertz CT molecular complexity index is 1850. The number of imidazole rings is 1. The first-order valence-corrected chi connectivity index (χ1v) is 14.7. The number of nitrogens with zero attached hydrogens (tertiary/aromatic N) is 3. The van der Waals surface area contributed by atoms with Crippen molar-refractivity contribution >= 4 is 23.1 Å². The molecule has 222 valence electrons. The van der Waals surface area contributed by atoms with Gasteiger partial charge in [0.05, 0.1) is 23.9 Å². The molecule has 8 heteroatoms. The van der Waals surface area contributed by atoms with Crippen LogP contribution >= 0.6 is 0 Å². The Morgan fingerprint density at radius 3 is 2.30 bits per heavy atom. The van der Waals surface area contributed by atoms with Crippen molar-refractivity contribution in [2.75, 3.05) is 13.2 Å². The van der Waals surface area contributed by atoms with E-state index in [4.69, 9.17) is 9.47 Å². The molecule has 6 rings (SSSR count). The number of benzene rings is 3. The lowest BCUT2D eigenvalue weighted by atomic mass is 9.95. The van der Waals surface area contributed by atoms with Crippen LogP contribution in [0.1, 0.15) is 41.0 Å². The Morgan fingerprint density at radius 2 is 1.57 bits per heavy atom. The van der Waals surface area contributed by atoms with Crippen molar-refractivity contribution < 1.29 is 24.2 Å². The minimum absolute atomic E-state index is 0.0113. The molecule has 44 heavy (non-hydrogen) atoms. The van der Waals surface area contributed by atoms with Gasteiger partial charge in [0.1, 0.15) is 17.9 Å². The molecule has 1 saturated heterocycles. The van der Waals surface area contributed by atoms with E-state index in [-0.39, 0.29) is 17.9 Å². The molecule has 1 amide bonds. The minimum Gasteiger partial charge on any atom is -0.505 e. The maximum atomic E-state index is 13.7. The van der Waals surface area contributed by atoms with Gasteiger partial charge in [-0.15, -0.1) is 0 Å². The summed E-state index contributed by atoms with van der Waals surface area (Å²) in [4.78, 5) is 33.5. The van der Waals surface area contributed by atoms with E-state index >= 15 is 0 Å². The molecule has 1 N–H and O–H groups in total. The smallest absolute Gasteiger partial charge is 0.295 e. The highest BCUT2D eigenvalue weighted by atomic mass is 16.5. The number of ether oxygens (including phenoxy) is 2. The molecule has 5 aromatic rings. The normalized spacial score (nSPS) is 16.0. The van der Waals surface area contributed by atoms with E-state index in [1.54, 1.807) is 29.7 Å². The monoisotopic (exact) mass is 587 g/mol. The standard InChI is InChI=1S/C36H33N3O5/c1-3-43-29-22-27(17-18-28(29)44-23-26-14-8-5-9-15-26)33-31(34(40)32-24(2)37-30-16-10-11-20-38(30)32)35(41)36(42)39(33)21-19-25-12-6-4-7-13-25/h4-18,20,22,33,40H,3,19,21,23H2,1-2H3. The van der Waals surface area contributed by atoms with Gasteiger partial charge in [-0.3, -0.25) is 14.0 Å². The Kier molecular flexibility index (Phi) is 8.14. The third-order valence-electron chi connectivity index (χ3n) is 7.77. The number of fused-ring (bicyclic) bond motifs is 1. The Hall–Kier alpha value is -5.37. The Labute approximate surface area is 255 Å². The molecule has 0 radical (unpaired) electrons. The second-order valence-electron chi connectivity index (χ2n) is 10.6. The molecule has 3 aromatic carbocycles. The van der Waals surface area contributed by atoms with Gasteiger partial charge >= 0.3 is 0 Å². The SMILES string of the molecule is CCOc1cc(C2C(=C(O)c3c(C)nc4ccccn34)C(=O)C(=O)N2CCc2ccccc2)ccc1OCc1ccccc1. The molecular formula is C36H33N3O5. The number of hydrogen-bond donors (Lipinski definition) is 1. The summed E-state index contributed by atoms with van der Waals surface area (Å²) in [7, 11) is 0. The zero-order valence-corrected chi connectivity index (χ0v) is 24.6. The van der Waals surface area contributed by atoms with Gasteiger partial charge in [-0.2, -0.15) is 0 Å². The third kappa shape index (κ3) is 5.54. The Morgan fingerprint density at radius 1 is 0.864 bits per heavy atom. The van der Waals surface area contributed by atoms with Crippen LogP contribution in [0.15, 0.2) is 109 Å². The number of carbonyl (C=O) groups is 2. The van der Waals surface area contributed by atoms with Crippen LogP contribution in [0.2, 0.25) is 0 Å². The number of hydrogen-bond acceptors (Lipinski definition) is 6. The number of ketones is 1. The van der Waals surface area contributed by atoms with Crippen LogP contribution in [-0.4, -0.2) is 44.2 Å². The van der Waals surface area contributed by atoms with E-state index in [1.165, 1.54) is 4.90 Å². The minimum atomic E-state index is -0.852. The number of amides is 1. The van der Waals surface area contributed by atoms with Crippen molar-refractivity contribution in [3.63, 3.8) is 0 Å². The second kappa shape index (κ2) is 12.5. The largest absolute Gasteiger partial charge is 0.505 e. The number of aromatic nitrogens is 2. The predicted octanol–water partition coefficient (Wildman–Crippen LogP) is 6.28. The van der Waals surface area contributed by atoms with Crippen LogP contribution in [-0.2, 0) is 22.6 Å². The van der Waals surface area contributed by atoms with Gasteiger partial charge < -0.3 is 19.5 Å². The maximum Gasteiger partial charge on any atom is 0.295 e. The number of aliphatic hydroxyl groups excluding tert-OH is 1. The average molecular weight is 588 g/mol. The molecule has 1 aliphatic heterocycles. The fraction of sp³-hybridized carbons (Fsp3) is 0.194. The molecule has 1 unspecified atom stereocenters. The fourth-order valence-corrected chi connectivity index (χ4v) is 5.70. The van der Waals surface area contributed by atoms with E-state index in [0.29, 0.717) is 53.7 Å². The summed E-state index contributed by atoms with van der Waals surface area (Å²) in [6, 6.07) is 29.7. The number of pyridine rings is 1. The zero-order valence-electron chi connectivity index (χ0n) is 24.6. The summed E-state index contributed by atoms with van der Waals surface area (Å²) in [6.07, 6.45) is 2.31. The van der Waals surface area contributed by atoms with Gasteiger partial charge in [-0.05, 0) is 61.2 Å². The van der Waals surface area contributed by atoms with Crippen LogP contribution in [0.4, 0.5) is 0 Å². The number of rotatable bonds is 10. The van der Waals surface area contributed by atoms with Gasteiger partial charge in [0.2, 0.25) is 0 Å². The predicted molar refractivity (Wildman–Crippen MR) is 167 cm³/mol. The molecule has 3 heterocycles. The molecule has 0 bridgehead atoms. The van der Waals surface area contributed by atoms with Crippen molar-refractivity contribution in [1.29, 1.82) is 0 Å². The quantitative estimate of drug-likeness (QED) is 0.117. The first kappa shape index (κ1) is 28.7. The van der Waals surface area contributed by atoms with Gasteiger partial charge in [0.25, 0.3) is 11.7 Å². The zero-order chi connectivity index (χ0) is 30.6. The highest BCUT2D eigenvalue weighted by Gasteiger charge is 2.46. The second-order valence-corrected chi connectivity index (χ2v) is 10.6. The molecular weight excluding hydrogens is 554 g/mol. The van der Waals surface area contributed by atoms with Crippen molar-refractivity contribution in [3.8, 4) is 11.5 Å². The van der Waals surface area contributed by atoms with Gasteiger partial charge in [-0.1, -0.05) is 72.8 Å². The molecule has 2 aromatic heterocycles. The number of Topliss-reactive ketones (excluding diaryl/α,β-unsaturated/α-hetero) is 1. The molecule has 0 spiro atoms. The van der Waals surface area contributed by atoms with Crippen molar-refractivity contribution in [3.05, 3.63) is 137 Å². The molecule has 1 aliphatic rings. The Balaban J connectivity index is 1.45. The van der Waals surface area contributed by atoms with Crippen LogP contribution in [0, 0.1) is 6.92 Å². The maximum absolute atomic E-state index is 13.7. The fourth-order valence-electron chi connectivity index (χ4n) is 5.70. The molecule has 1 fully saturated rings.